The molecule has 1 aliphatic carbocycles. The normalized spacial score (nSPS) is 24.6. The first-order valence-corrected chi connectivity index (χ1v) is 6.77. The van der Waals surface area contributed by atoms with Crippen molar-refractivity contribution in [2.24, 2.45) is 11.8 Å². The smallest absolute Gasteiger partial charge is 0.0795 e. The van der Waals surface area contributed by atoms with Crippen LogP contribution in [0.4, 0.5) is 0 Å². The van der Waals surface area contributed by atoms with Gasteiger partial charge in [-0.05, 0) is 61.6 Å². The molecule has 0 fully saturated rings. The predicted octanol–water partition coefficient (Wildman–Crippen LogP) is 3.95. The van der Waals surface area contributed by atoms with E-state index < -0.39 is 0 Å². The number of fused-ring (bicyclic) bond motifs is 1. The van der Waals surface area contributed by atoms with Crippen molar-refractivity contribution in [2.75, 3.05) is 0 Å². The van der Waals surface area contributed by atoms with Crippen molar-refractivity contribution in [3.05, 3.63) is 34.4 Å². The van der Waals surface area contributed by atoms with Gasteiger partial charge >= 0.3 is 0 Å². The van der Waals surface area contributed by atoms with Gasteiger partial charge in [-0.25, -0.2) is 0 Å². The molecule has 2 rings (SSSR count). The molecule has 0 radical (unpaired) electrons. The van der Waals surface area contributed by atoms with E-state index in [1.54, 1.807) is 0 Å². The Balaban J connectivity index is 2.37. The van der Waals surface area contributed by atoms with Crippen LogP contribution < -0.4 is 0 Å². The van der Waals surface area contributed by atoms with Crippen molar-refractivity contribution in [1.82, 2.24) is 0 Å². The van der Waals surface area contributed by atoms with Crippen LogP contribution in [0.5, 0.6) is 0 Å². The molecule has 17 heavy (non-hydrogen) atoms. The van der Waals surface area contributed by atoms with E-state index in [-0.39, 0.29) is 6.10 Å². The number of aryl methyl sites for hydroxylation is 2. The largest absolute Gasteiger partial charge is 0.388 e. The lowest BCUT2D eigenvalue weighted by molar-refractivity contribution is 0.132. The van der Waals surface area contributed by atoms with Crippen LogP contribution in [-0.4, -0.2) is 5.11 Å². The summed E-state index contributed by atoms with van der Waals surface area (Å²) in [4.78, 5) is 0. The van der Waals surface area contributed by atoms with Crippen LogP contribution in [0.1, 0.15) is 55.0 Å². The molecule has 0 unspecified atom stereocenters. The monoisotopic (exact) mass is 232 g/mol. The molecule has 0 spiro atoms. The van der Waals surface area contributed by atoms with Gasteiger partial charge in [0, 0.05) is 0 Å². The summed E-state index contributed by atoms with van der Waals surface area (Å²) in [5.41, 5.74) is 5.20. The number of benzene rings is 1. The number of hydrogen-bond donors (Lipinski definition) is 1. The Morgan fingerprint density at radius 2 is 1.94 bits per heavy atom. The lowest BCUT2D eigenvalue weighted by Crippen LogP contribution is -2.11. The second kappa shape index (κ2) is 4.81. The van der Waals surface area contributed by atoms with Crippen LogP contribution in [-0.2, 0) is 6.42 Å². The van der Waals surface area contributed by atoms with Crippen LogP contribution in [0.2, 0.25) is 0 Å². The number of aliphatic hydroxyl groups excluding tert-OH is 1. The van der Waals surface area contributed by atoms with Gasteiger partial charge in [-0.3, -0.25) is 0 Å². The zero-order valence-corrected chi connectivity index (χ0v) is 11.5. The van der Waals surface area contributed by atoms with Crippen LogP contribution >= 0.6 is 0 Å². The van der Waals surface area contributed by atoms with E-state index in [0.717, 1.165) is 12.8 Å². The Hall–Kier alpha value is -0.820. The van der Waals surface area contributed by atoms with E-state index in [1.807, 2.05) is 0 Å². The molecule has 0 aromatic heterocycles. The molecule has 1 heteroatoms. The zero-order chi connectivity index (χ0) is 12.6. The first kappa shape index (κ1) is 12.6. The molecule has 94 valence electrons. The average molecular weight is 232 g/mol. The standard InChI is InChI=1S/C16H24O/c1-10(2)13-5-6-14-12(4)7-11(3)8-15(14)16(17)9-13/h7-8,10,13,16-17H,5-6,9H2,1-4H3/t13-,16-/m1/s1. The van der Waals surface area contributed by atoms with Crippen LogP contribution in [0.25, 0.3) is 0 Å². The molecule has 0 saturated carbocycles. The van der Waals surface area contributed by atoms with Gasteiger partial charge in [0.1, 0.15) is 0 Å². The molecule has 2 atom stereocenters. The highest BCUT2D eigenvalue weighted by molar-refractivity contribution is 5.40. The zero-order valence-electron chi connectivity index (χ0n) is 11.5. The molecule has 1 aromatic rings. The van der Waals surface area contributed by atoms with Gasteiger partial charge in [-0.15, -0.1) is 0 Å². The fourth-order valence-corrected chi connectivity index (χ4v) is 3.14. The molecule has 1 nitrogen and oxygen atoms in total. The van der Waals surface area contributed by atoms with E-state index in [2.05, 4.69) is 39.8 Å². The Morgan fingerprint density at radius 3 is 2.59 bits per heavy atom. The first-order valence-electron chi connectivity index (χ1n) is 6.77. The Labute approximate surface area is 105 Å². The van der Waals surface area contributed by atoms with E-state index in [0.29, 0.717) is 11.8 Å². The van der Waals surface area contributed by atoms with Gasteiger partial charge in [-0.2, -0.15) is 0 Å². The summed E-state index contributed by atoms with van der Waals surface area (Å²) in [6.07, 6.45) is 3.00. The van der Waals surface area contributed by atoms with E-state index in [4.69, 9.17) is 0 Å². The second-order valence-electron chi connectivity index (χ2n) is 5.94. The Morgan fingerprint density at radius 1 is 1.24 bits per heavy atom. The minimum atomic E-state index is -0.265. The first-order chi connectivity index (χ1) is 7.99. The Bertz CT molecular complexity index is 406. The third-order valence-electron chi connectivity index (χ3n) is 4.24. The van der Waals surface area contributed by atoms with Gasteiger partial charge < -0.3 is 5.11 Å². The average Bonchev–Trinajstić information content (AvgIpc) is 2.39. The Kier molecular flexibility index (Phi) is 3.58. The van der Waals surface area contributed by atoms with Crippen molar-refractivity contribution in [1.29, 1.82) is 0 Å². The fraction of sp³-hybridized carbons (Fsp3) is 0.625. The summed E-state index contributed by atoms with van der Waals surface area (Å²) >= 11 is 0. The summed E-state index contributed by atoms with van der Waals surface area (Å²) in [7, 11) is 0. The summed E-state index contributed by atoms with van der Waals surface area (Å²) in [5.74, 6) is 1.32. The van der Waals surface area contributed by atoms with Gasteiger partial charge in [0.25, 0.3) is 0 Å². The summed E-state index contributed by atoms with van der Waals surface area (Å²) in [5, 5.41) is 10.4. The lowest BCUT2D eigenvalue weighted by atomic mass is 9.87. The topological polar surface area (TPSA) is 20.2 Å². The van der Waals surface area contributed by atoms with Crippen molar-refractivity contribution in [3.8, 4) is 0 Å². The maximum atomic E-state index is 10.4. The van der Waals surface area contributed by atoms with Gasteiger partial charge in [0.05, 0.1) is 6.10 Å². The molecule has 0 aliphatic heterocycles. The predicted molar refractivity (Wildman–Crippen MR) is 72.1 cm³/mol. The van der Waals surface area contributed by atoms with Crippen LogP contribution in [0.15, 0.2) is 12.1 Å². The highest BCUT2D eigenvalue weighted by atomic mass is 16.3. The number of hydrogen-bond acceptors (Lipinski definition) is 1. The molecule has 0 bridgehead atoms. The summed E-state index contributed by atoms with van der Waals surface area (Å²) in [6, 6.07) is 4.41. The number of rotatable bonds is 1. The highest BCUT2D eigenvalue weighted by Crippen LogP contribution is 2.36. The lowest BCUT2D eigenvalue weighted by Gasteiger charge is -2.20. The summed E-state index contributed by atoms with van der Waals surface area (Å²) in [6.45, 7) is 8.83. The third-order valence-corrected chi connectivity index (χ3v) is 4.24. The second-order valence-corrected chi connectivity index (χ2v) is 5.94. The fourth-order valence-electron chi connectivity index (χ4n) is 3.14. The van der Waals surface area contributed by atoms with Crippen molar-refractivity contribution >= 4 is 0 Å². The van der Waals surface area contributed by atoms with E-state index >= 15 is 0 Å². The van der Waals surface area contributed by atoms with Crippen LogP contribution in [0.3, 0.4) is 0 Å². The van der Waals surface area contributed by atoms with Crippen LogP contribution in [0, 0.1) is 25.7 Å². The van der Waals surface area contributed by atoms with E-state index in [1.165, 1.54) is 28.7 Å². The molecule has 0 saturated heterocycles. The SMILES string of the molecule is Cc1cc(C)c2c(c1)[C@H](O)C[C@H](C(C)C)CC2. The highest BCUT2D eigenvalue weighted by Gasteiger charge is 2.25. The molecular weight excluding hydrogens is 208 g/mol. The van der Waals surface area contributed by atoms with Gasteiger partial charge in [-0.1, -0.05) is 31.5 Å². The van der Waals surface area contributed by atoms with Crippen molar-refractivity contribution < 1.29 is 5.11 Å². The molecule has 1 N–H and O–H groups in total. The van der Waals surface area contributed by atoms with Crippen molar-refractivity contribution in [2.45, 2.75) is 53.1 Å². The quantitative estimate of drug-likeness (QED) is 0.727. The minimum absolute atomic E-state index is 0.265. The van der Waals surface area contributed by atoms with Gasteiger partial charge in [0.15, 0.2) is 0 Å². The van der Waals surface area contributed by atoms with E-state index in [9.17, 15) is 5.11 Å². The molecule has 0 heterocycles. The number of aliphatic hydroxyl groups is 1. The molecule has 1 aromatic carbocycles. The maximum absolute atomic E-state index is 10.4. The van der Waals surface area contributed by atoms with Gasteiger partial charge in [0.2, 0.25) is 0 Å². The maximum Gasteiger partial charge on any atom is 0.0795 e. The molecular formula is C16H24O. The minimum Gasteiger partial charge on any atom is -0.388 e. The summed E-state index contributed by atoms with van der Waals surface area (Å²) < 4.78 is 0. The van der Waals surface area contributed by atoms with Crippen molar-refractivity contribution in [3.63, 3.8) is 0 Å². The molecule has 0 amide bonds. The third kappa shape index (κ3) is 2.55. The molecule has 1 aliphatic rings.